The molecule has 1 fully saturated rings. The number of rotatable bonds is 4. The summed E-state index contributed by atoms with van der Waals surface area (Å²) in [6, 6.07) is 4.87. The van der Waals surface area contributed by atoms with Crippen molar-refractivity contribution in [2.45, 2.75) is 38.6 Å². The average Bonchev–Trinajstić information content (AvgIpc) is 2.83. The molecule has 19 heavy (non-hydrogen) atoms. The summed E-state index contributed by atoms with van der Waals surface area (Å²) in [6.07, 6.45) is 3.73. The minimum atomic E-state index is -0.277. The van der Waals surface area contributed by atoms with Crippen molar-refractivity contribution in [2.75, 3.05) is 11.9 Å². The predicted molar refractivity (Wildman–Crippen MR) is 77.3 cm³/mol. The van der Waals surface area contributed by atoms with E-state index in [4.69, 9.17) is 0 Å². The van der Waals surface area contributed by atoms with Crippen LogP contribution in [0.25, 0.3) is 0 Å². The Labute approximate surface area is 119 Å². The summed E-state index contributed by atoms with van der Waals surface area (Å²) in [7, 11) is 0. The van der Waals surface area contributed by atoms with Gasteiger partial charge in [-0.1, -0.05) is 0 Å². The lowest BCUT2D eigenvalue weighted by molar-refractivity contribution is -0.116. The third kappa shape index (κ3) is 4.80. The summed E-state index contributed by atoms with van der Waals surface area (Å²) in [5.74, 6) is -0.279. The van der Waals surface area contributed by atoms with Gasteiger partial charge in [0.05, 0.1) is 0 Å². The van der Waals surface area contributed by atoms with Crippen LogP contribution in [0.5, 0.6) is 0 Å². The molecule has 3 nitrogen and oxygen atoms in total. The van der Waals surface area contributed by atoms with E-state index in [1.54, 1.807) is 13.0 Å². The minimum absolute atomic E-state index is 0. The molecule has 1 atom stereocenters. The molecule has 5 heteroatoms. The highest BCUT2D eigenvalue weighted by Crippen LogP contribution is 2.17. The number of carbonyl (C=O) groups excluding carboxylic acids is 1. The lowest BCUT2D eigenvalue weighted by Gasteiger charge is -2.11. The van der Waals surface area contributed by atoms with E-state index < -0.39 is 0 Å². The number of hydrogen-bond acceptors (Lipinski definition) is 2. The van der Waals surface area contributed by atoms with Crippen LogP contribution in [0.4, 0.5) is 10.1 Å². The van der Waals surface area contributed by atoms with Crippen LogP contribution in [-0.4, -0.2) is 18.5 Å². The number of benzene rings is 1. The molecule has 1 aromatic carbocycles. The highest BCUT2D eigenvalue weighted by Gasteiger charge is 2.15. The molecule has 0 radical (unpaired) electrons. The molecule has 1 unspecified atom stereocenters. The van der Waals surface area contributed by atoms with Crippen LogP contribution in [0, 0.1) is 12.7 Å². The third-order valence-electron chi connectivity index (χ3n) is 3.34. The van der Waals surface area contributed by atoms with Gasteiger partial charge in [0.1, 0.15) is 5.82 Å². The van der Waals surface area contributed by atoms with Gasteiger partial charge in [-0.15, -0.1) is 12.4 Å². The monoisotopic (exact) mass is 286 g/mol. The van der Waals surface area contributed by atoms with Gasteiger partial charge in [0, 0.05) is 18.2 Å². The maximum absolute atomic E-state index is 12.9. The first-order valence-electron chi connectivity index (χ1n) is 6.44. The second-order valence-corrected chi connectivity index (χ2v) is 4.84. The molecule has 1 aromatic rings. The van der Waals surface area contributed by atoms with E-state index in [2.05, 4.69) is 10.6 Å². The van der Waals surface area contributed by atoms with E-state index >= 15 is 0 Å². The first-order chi connectivity index (χ1) is 8.65. The minimum Gasteiger partial charge on any atom is -0.326 e. The maximum Gasteiger partial charge on any atom is 0.224 e. The Morgan fingerprint density at radius 3 is 2.95 bits per heavy atom. The van der Waals surface area contributed by atoms with Crippen molar-refractivity contribution in [3.63, 3.8) is 0 Å². The standard InChI is InChI=1S/C14H19FN2O.ClH/c1-10-9-11(15)4-6-13(10)17-14(18)7-5-12-3-2-8-16-12;/h4,6,9,12,16H,2-3,5,7-8H2,1H3,(H,17,18);1H. The van der Waals surface area contributed by atoms with Crippen LogP contribution < -0.4 is 10.6 Å². The van der Waals surface area contributed by atoms with Crippen LogP contribution in [0.15, 0.2) is 18.2 Å². The molecule has 2 N–H and O–H groups in total. The van der Waals surface area contributed by atoms with Gasteiger partial charge in [0.15, 0.2) is 0 Å². The number of halogens is 2. The van der Waals surface area contributed by atoms with Crippen molar-refractivity contribution in [2.24, 2.45) is 0 Å². The fraction of sp³-hybridized carbons (Fsp3) is 0.500. The van der Waals surface area contributed by atoms with Gasteiger partial charge >= 0.3 is 0 Å². The number of amides is 1. The highest BCUT2D eigenvalue weighted by atomic mass is 35.5. The fourth-order valence-corrected chi connectivity index (χ4v) is 2.29. The fourth-order valence-electron chi connectivity index (χ4n) is 2.29. The summed E-state index contributed by atoms with van der Waals surface area (Å²) < 4.78 is 12.9. The topological polar surface area (TPSA) is 41.1 Å². The molecule has 1 aliphatic heterocycles. The van der Waals surface area contributed by atoms with Crippen LogP contribution in [0.1, 0.15) is 31.2 Å². The van der Waals surface area contributed by atoms with Crippen molar-refractivity contribution < 1.29 is 9.18 Å². The van der Waals surface area contributed by atoms with Crippen LogP contribution in [0.2, 0.25) is 0 Å². The zero-order valence-corrected chi connectivity index (χ0v) is 11.9. The molecular formula is C14H20ClFN2O. The van der Waals surface area contributed by atoms with Gasteiger partial charge in [0.25, 0.3) is 0 Å². The van der Waals surface area contributed by atoms with Crippen molar-refractivity contribution in [1.29, 1.82) is 0 Å². The Morgan fingerprint density at radius 2 is 2.32 bits per heavy atom. The molecule has 0 aromatic heterocycles. The summed E-state index contributed by atoms with van der Waals surface area (Å²) in [4.78, 5) is 11.8. The van der Waals surface area contributed by atoms with Gasteiger partial charge in [-0.25, -0.2) is 4.39 Å². The van der Waals surface area contributed by atoms with Gasteiger partial charge in [-0.3, -0.25) is 4.79 Å². The predicted octanol–water partition coefficient (Wildman–Crippen LogP) is 3.03. The molecule has 1 aliphatic rings. The van der Waals surface area contributed by atoms with E-state index in [0.29, 0.717) is 18.2 Å². The summed E-state index contributed by atoms with van der Waals surface area (Å²) in [5, 5.41) is 6.19. The molecular weight excluding hydrogens is 267 g/mol. The number of carbonyl (C=O) groups is 1. The Kier molecular flexibility index (Phi) is 6.25. The molecule has 0 bridgehead atoms. The molecule has 2 rings (SSSR count). The largest absolute Gasteiger partial charge is 0.326 e. The van der Waals surface area contributed by atoms with Gasteiger partial charge in [-0.2, -0.15) is 0 Å². The molecule has 0 saturated carbocycles. The molecule has 1 saturated heterocycles. The highest BCUT2D eigenvalue weighted by molar-refractivity contribution is 5.91. The molecule has 1 amide bonds. The Balaban J connectivity index is 0.00000180. The summed E-state index contributed by atoms with van der Waals surface area (Å²) in [5.41, 5.74) is 1.45. The van der Waals surface area contributed by atoms with E-state index in [0.717, 1.165) is 24.9 Å². The lowest BCUT2D eigenvalue weighted by Crippen LogP contribution is -2.23. The number of anilines is 1. The maximum atomic E-state index is 12.9. The summed E-state index contributed by atoms with van der Waals surface area (Å²) >= 11 is 0. The first-order valence-corrected chi connectivity index (χ1v) is 6.44. The molecule has 1 heterocycles. The van der Waals surface area contributed by atoms with E-state index in [1.165, 1.54) is 18.6 Å². The van der Waals surface area contributed by atoms with Crippen LogP contribution in [0.3, 0.4) is 0 Å². The number of aryl methyl sites for hydroxylation is 1. The van der Waals surface area contributed by atoms with Crippen molar-refractivity contribution >= 4 is 24.0 Å². The van der Waals surface area contributed by atoms with Crippen molar-refractivity contribution in [3.05, 3.63) is 29.6 Å². The van der Waals surface area contributed by atoms with Crippen molar-refractivity contribution in [3.8, 4) is 0 Å². The zero-order valence-electron chi connectivity index (χ0n) is 11.0. The number of nitrogens with one attached hydrogen (secondary N) is 2. The third-order valence-corrected chi connectivity index (χ3v) is 3.34. The molecule has 0 spiro atoms. The quantitative estimate of drug-likeness (QED) is 0.893. The Morgan fingerprint density at radius 1 is 1.53 bits per heavy atom. The normalized spacial score (nSPS) is 17.9. The SMILES string of the molecule is Cc1cc(F)ccc1NC(=O)CCC1CCCN1.Cl. The van der Waals surface area contributed by atoms with E-state index in [1.807, 2.05) is 0 Å². The second-order valence-electron chi connectivity index (χ2n) is 4.84. The Bertz CT molecular complexity index is 433. The second kappa shape index (κ2) is 7.46. The van der Waals surface area contributed by atoms with Crippen molar-refractivity contribution in [1.82, 2.24) is 5.32 Å². The molecule has 0 aliphatic carbocycles. The van der Waals surface area contributed by atoms with Crippen LogP contribution >= 0.6 is 12.4 Å². The summed E-state index contributed by atoms with van der Waals surface area (Å²) in [6.45, 7) is 2.85. The van der Waals surface area contributed by atoms with E-state index in [9.17, 15) is 9.18 Å². The van der Waals surface area contributed by atoms with Gasteiger partial charge < -0.3 is 10.6 Å². The number of hydrogen-bond donors (Lipinski definition) is 2. The average molecular weight is 287 g/mol. The molecule has 106 valence electrons. The zero-order chi connectivity index (χ0) is 13.0. The van der Waals surface area contributed by atoms with Gasteiger partial charge in [0.2, 0.25) is 5.91 Å². The van der Waals surface area contributed by atoms with Gasteiger partial charge in [-0.05, 0) is 56.5 Å². The Hall–Kier alpha value is -1.13. The lowest BCUT2D eigenvalue weighted by atomic mass is 10.1. The van der Waals surface area contributed by atoms with Crippen LogP contribution in [-0.2, 0) is 4.79 Å². The van der Waals surface area contributed by atoms with E-state index in [-0.39, 0.29) is 24.1 Å². The first kappa shape index (κ1) is 15.9. The smallest absolute Gasteiger partial charge is 0.224 e.